The van der Waals surface area contributed by atoms with Crippen LogP contribution in [-0.2, 0) is 9.47 Å². The van der Waals surface area contributed by atoms with E-state index in [2.05, 4.69) is 5.32 Å². The average molecular weight is 341 g/mol. The number of nitrogens with one attached hydrogen (secondary N) is 1. The quantitative estimate of drug-likeness (QED) is 0.672. The van der Waals surface area contributed by atoms with Crippen molar-refractivity contribution in [3.63, 3.8) is 0 Å². The van der Waals surface area contributed by atoms with Gasteiger partial charge in [-0.25, -0.2) is 0 Å². The van der Waals surface area contributed by atoms with E-state index in [4.69, 9.17) is 21.1 Å². The fourth-order valence-electron chi connectivity index (χ4n) is 3.00. The first-order chi connectivity index (χ1) is 11.0. The van der Waals surface area contributed by atoms with E-state index in [9.17, 15) is 14.9 Å². The van der Waals surface area contributed by atoms with Gasteiger partial charge < -0.3 is 14.8 Å². The Morgan fingerprint density at radius 1 is 1.43 bits per heavy atom. The lowest BCUT2D eigenvalue weighted by atomic mass is 10.2. The van der Waals surface area contributed by atoms with E-state index in [0.29, 0.717) is 6.61 Å². The van der Waals surface area contributed by atoms with E-state index in [1.54, 1.807) is 0 Å². The second-order valence-corrected chi connectivity index (χ2v) is 6.21. The summed E-state index contributed by atoms with van der Waals surface area (Å²) in [5.74, 6) is -0.937. The third kappa shape index (κ3) is 3.46. The predicted molar refractivity (Wildman–Crippen MR) is 82.5 cm³/mol. The van der Waals surface area contributed by atoms with Crippen molar-refractivity contribution < 1.29 is 19.2 Å². The van der Waals surface area contributed by atoms with Crippen LogP contribution in [-0.4, -0.2) is 35.9 Å². The molecule has 2 aliphatic rings. The number of nitrogens with zero attached hydrogens (tertiary/aromatic N) is 1. The van der Waals surface area contributed by atoms with Gasteiger partial charge in [0, 0.05) is 31.5 Å². The number of non-ortho nitro benzene ring substituents is 1. The molecule has 1 spiro atoms. The van der Waals surface area contributed by atoms with Gasteiger partial charge in [-0.15, -0.1) is 0 Å². The van der Waals surface area contributed by atoms with Crippen molar-refractivity contribution in [3.8, 4) is 0 Å². The van der Waals surface area contributed by atoms with Gasteiger partial charge in [0.1, 0.15) is 6.10 Å². The van der Waals surface area contributed by atoms with Gasteiger partial charge in [-0.05, 0) is 18.9 Å². The summed E-state index contributed by atoms with van der Waals surface area (Å²) < 4.78 is 11.6. The minimum absolute atomic E-state index is 0.0790. The van der Waals surface area contributed by atoms with Crippen molar-refractivity contribution in [1.29, 1.82) is 0 Å². The Morgan fingerprint density at radius 2 is 2.17 bits per heavy atom. The van der Waals surface area contributed by atoms with Crippen LogP contribution in [0.5, 0.6) is 0 Å². The van der Waals surface area contributed by atoms with Crippen LogP contribution in [0.15, 0.2) is 18.2 Å². The molecule has 1 aliphatic heterocycles. The highest BCUT2D eigenvalue weighted by atomic mass is 35.5. The highest BCUT2D eigenvalue weighted by Crippen LogP contribution is 2.39. The van der Waals surface area contributed by atoms with Gasteiger partial charge in [-0.2, -0.15) is 0 Å². The van der Waals surface area contributed by atoms with Crippen LogP contribution in [0.25, 0.3) is 0 Å². The van der Waals surface area contributed by atoms with Gasteiger partial charge >= 0.3 is 0 Å². The summed E-state index contributed by atoms with van der Waals surface area (Å²) in [6, 6.07) is 3.77. The summed E-state index contributed by atoms with van der Waals surface area (Å²) in [4.78, 5) is 22.4. The molecule has 1 aromatic rings. The molecular formula is C15H17ClN2O5. The van der Waals surface area contributed by atoms with Crippen molar-refractivity contribution >= 4 is 23.2 Å². The molecule has 1 saturated carbocycles. The summed E-state index contributed by atoms with van der Waals surface area (Å²) in [5.41, 5.74) is -0.0970. The second kappa shape index (κ2) is 6.43. The number of hydrogen-bond donors (Lipinski definition) is 1. The minimum Gasteiger partial charge on any atom is -0.349 e. The molecule has 0 aromatic heterocycles. The molecule has 1 aromatic carbocycles. The molecule has 124 valence electrons. The Hall–Kier alpha value is -1.70. The standard InChI is InChI=1S/C15H17ClN2O5/c16-13-4-3-10(18(20)21)7-12(13)14(19)17-8-11-9-22-15(23-11)5-1-2-6-15/h3-4,7,11H,1-2,5-6,8-9H2,(H,17,19)/t11-/m1/s1. The Morgan fingerprint density at radius 3 is 2.87 bits per heavy atom. The molecule has 2 fully saturated rings. The monoisotopic (exact) mass is 340 g/mol. The zero-order chi connectivity index (χ0) is 16.4. The molecule has 1 atom stereocenters. The molecule has 8 heteroatoms. The number of carbonyl (C=O) groups is 1. The van der Waals surface area contributed by atoms with E-state index >= 15 is 0 Å². The summed E-state index contributed by atoms with van der Waals surface area (Å²) in [7, 11) is 0. The molecule has 3 rings (SSSR count). The Balaban J connectivity index is 1.60. The fourth-order valence-corrected chi connectivity index (χ4v) is 3.20. The normalized spacial score (nSPS) is 22.4. The summed E-state index contributed by atoms with van der Waals surface area (Å²) in [6.45, 7) is 0.711. The third-order valence-corrected chi connectivity index (χ3v) is 4.50. The molecule has 7 nitrogen and oxygen atoms in total. The maximum Gasteiger partial charge on any atom is 0.270 e. The number of nitro groups is 1. The van der Waals surface area contributed by atoms with E-state index < -0.39 is 16.6 Å². The third-order valence-electron chi connectivity index (χ3n) is 4.17. The zero-order valence-electron chi connectivity index (χ0n) is 12.4. The number of carbonyl (C=O) groups excluding carboxylic acids is 1. The number of hydrogen-bond acceptors (Lipinski definition) is 5. The van der Waals surface area contributed by atoms with Crippen molar-refractivity contribution in [1.82, 2.24) is 5.32 Å². The zero-order valence-corrected chi connectivity index (χ0v) is 13.2. The summed E-state index contributed by atoms with van der Waals surface area (Å²) in [6.07, 6.45) is 3.72. The Bertz CT molecular complexity index is 630. The number of ether oxygens (including phenoxy) is 2. The number of amides is 1. The predicted octanol–water partition coefficient (Wildman–Crippen LogP) is 2.66. The molecule has 0 radical (unpaired) electrons. The van der Waals surface area contributed by atoms with E-state index in [-0.39, 0.29) is 28.9 Å². The van der Waals surface area contributed by atoms with Crippen LogP contribution < -0.4 is 5.32 Å². The highest BCUT2D eigenvalue weighted by molar-refractivity contribution is 6.33. The summed E-state index contributed by atoms with van der Waals surface area (Å²) in [5, 5.41) is 13.7. The van der Waals surface area contributed by atoms with Gasteiger partial charge in [0.2, 0.25) is 0 Å². The number of nitro benzene ring substituents is 1. The van der Waals surface area contributed by atoms with Gasteiger partial charge in [-0.3, -0.25) is 14.9 Å². The lowest BCUT2D eigenvalue weighted by molar-refractivity contribution is -0.384. The first-order valence-corrected chi connectivity index (χ1v) is 7.91. The Labute approximate surface area is 138 Å². The molecular weight excluding hydrogens is 324 g/mol. The van der Waals surface area contributed by atoms with Gasteiger partial charge in [0.15, 0.2) is 5.79 Å². The lowest BCUT2D eigenvalue weighted by Gasteiger charge is -2.22. The average Bonchev–Trinajstić information content (AvgIpc) is 3.15. The number of benzene rings is 1. The largest absolute Gasteiger partial charge is 0.349 e. The lowest BCUT2D eigenvalue weighted by Crippen LogP contribution is -2.35. The van der Waals surface area contributed by atoms with Crippen LogP contribution in [0.1, 0.15) is 36.0 Å². The molecule has 1 heterocycles. The molecule has 1 N–H and O–H groups in total. The first kappa shape index (κ1) is 16.2. The molecule has 1 amide bonds. The van der Waals surface area contributed by atoms with Crippen molar-refractivity contribution in [3.05, 3.63) is 38.9 Å². The van der Waals surface area contributed by atoms with Crippen LogP contribution >= 0.6 is 11.6 Å². The van der Waals surface area contributed by atoms with Crippen LogP contribution in [0.2, 0.25) is 5.02 Å². The SMILES string of the molecule is O=C(NC[C@@H]1COC2(CCCC2)O1)c1cc([N+](=O)[O-])ccc1Cl. The van der Waals surface area contributed by atoms with Crippen LogP contribution in [0, 0.1) is 10.1 Å². The van der Waals surface area contributed by atoms with E-state index in [1.165, 1.54) is 18.2 Å². The highest BCUT2D eigenvalue weighted by Gasteiger charge is 2.43. The molecule has 23 heavy (non-hydrogen) atoms. The molecule has 0 bridgehead atoms. The van der Waals surface area contributed by atoms with Gasteiger partial charge in [0.25, 0.3) is 11.6 Å². The smallest absolute Gasteiger partial charge is 0.270 e. The van der Waals surface area contributed by atoms with Crippen molar-refractivity contribution in [2.45, 2.75) is 37.6 Å². The minimum atomic E-state index is -0.565. The van der Waals surface area contributed by atoms with Crippen molar-refractivity contribution in [2.24, 2.45) is 0 Å². The number of rotatable bonds is 4. The molecule has 1 saturated heterocycles. The topological polar surface area (TPSA) is 90.7 Å². The van der Waals surface area contributed by atoms with Crippen LogP contribution in [0.3, 0.4) is 0 Å². The maximum atomic E-state index is 12.2. The molecule has 0 unspecified atom stereocenters. The number of halogens is 1. The van der Waals surface area contributed by atoms with Crippen LogP contribution in [0.4, 0.5) is 5.69 Å². The first-order valence-electron chi connectivity index (χ1n) is 7.53. The maximum absolute atomic E-state index is 12.2. The van der Waals surface area contributed by atoms with Gasteiger partial charge in [-0.1, -0.05) is 11.6 Å². The summed E-state index contributed by atoms with van der Waals surface area (Å²) >= 11 is 5.95. The van der Waals surface area contributed by atoms with Gasteiger partial charge in [0.05, 0.1) is 22.1 Å². The Kier molecular flexibility index (Phi) is 4.52. The van der Waals surface area contributed by atoms with E-state index in [1.807, 2.05) is 0 Å². The van der Waals surface area contributed by atoms with E-state index in [0.717, 1.165) is 25.7 Å². The second-order valence-electron chi connectivity index (χ2n) is 5.80. The fraction of sp³-hybridized carbons (Fsp3) is 0.533. The molecule has 1 aliphatic carbocycles. The van der Waals surface area contributed by atoms with Crippen molar-refractivity contribution in [2.75, 3.05) is 13.2 Å².